The van der Waals surface area contributed by atoms with Gasteiger partial charge in [-0.05, 0) is 32.3 Å². The smallest absolute Gasteiger partial charge is 0.227 e. The Labute approximate surface area is 128 Å². The topological polar surface area (TPSA) is 56.3 Å². The number of fused-ring (bicyclic) bond motifs is 1. The highest BCUT2D eigenvalue weighted by molar-refractivity contribution is 7.18. The Morgan fingerprint density at radius 2 is 2.10 bits per heavy atom. The Kier molecular flexibility index (Phi) is 4.26. The summed E-state index contributed by atoms with van der Waals surface area (Å²) in [5, 5.41) is 4.02. The Morgan fingerprint density at radius 1 is 1.29 bits per heavy atom. The number of rotatable bonds is 4. The van der Waals surface area contributed by atoms with Crippen LogP contribution in [-0.4, -0.2) is 36.3 Å². The second-order valence-electron chi connectivity index (χ2n) is 5.44. The molecule has 0 spiro atoms. The molecule has 2 unspecified atom stereocenters. The average Bonchev–Trinajstić information content (AvgIpc) is 2.88. The lowest BCUT2D eigenvalue weighted by Crippen LogP contribution is -2.29. The molecule has 0 radical (unpaired) electrons. The van der Waals surface area contributed by atoms with Crippen molar-refractivity contribution in [2.24, 2.45) is 0 Å². The number of nitrogens with one attached hydrogen (secondary N) is 1. The molecule has 2 atom stereocenters. The summed E-state index contributed by atoms with van der Waals surface area (Å²) in [6.45, 7) is 2.08. The molecule has 1 saturated carbocycles. The maximum Gasteiger partial charge on any atom is 0.227 e. The van der Waals surface area contributed by atoms with Gasteiger partial charge in [0.15, 0.2) is 0 Å². The minimum absolute atomic E-state index is 0.173. The molecule has 114 valence electrons. The molecule has 3 rings (SSSR count). The Hall–Kier alpha value is -1.40. The Bertz CT molecular complexity index is 629. The van der Waals surface area contributed by atoms with E-state index in [2.05, 4.69) is 28.3 Å². The second kappa shape index (κ2) is 6.15. The zero-order chi connectivity index (χ0) is 14.8. The van der Waals surface area contributed by atoms with Crippen molar-refractivity contribution in [3.05, 3.63) is 10.9 Å². The molecule has 1 aliphatic rings. The van der Waals surface area contributed by atoms with Gasteiger partial charge in [0.05, 0.1) is 11.5 Å². The zero-order valence-corrected chi connectivity index (χ0v) is 13.5. The quantitative estimate of drug-likeness (QED) is 0.938. The first-order valence-corrected chi connectivity index (χ1v) is 8.16. The molecule has 0 saturated heterocycles. The largest absolute Gasteiger partial charge is 0.474 e. The highest BCUT2D eigenvalue weighted by atomic mass is 32.1. The van der Waals surface area contributed by atoms with Crippen molar-refractivity contribution in [3.8, 4) is 5.88 Å². The SMILES string of the molecule is CNc1nc(OC2CCCC(OC)C2)c2cc(C)sc2n1. The number of aromatic nitrogens is 2. The predicted molar refractivity (Wildman–Crippen MR) is 85.4 cm³/mol. The summed E-state index contributed by atoms with van der Waals surface area (Å²) < 4.78 is 11.7. The lowest BCUT2D eigenvalue weighted by atomic mass is 9.95. The maximum absolute atomic E-state index is 6.19. The van der Waals surface area contributed by atoms with Crippen molar-refractivity contribution in [1.29, 1.82) is 0 Å². The van der Waals surface area contributed by atoms with Crippen LogP contribution in [0.5, 0.6) is 5.88 Å². The summed E-state index contributed by atoms with van der Waals surface area (Å²) in [5.41, 5.74) is 0. The van der Waals surface area contributed by atoms with Crippen LogP contribution in [-0.2, 0) is 4.74 Å². The van der Waals surface area contributed by atoms with Crippen molar-refractivity contribution in [3.63, 3.8) is 0 Å². The minimum Gasteiger partial charge on any atom is -0.474 e. The zero-order valence-electron chi connectivity index (χ0n) is 12.7. The van der Waals surface area contributed by atoms with E-state index in [4.69, 9.17) is 9.47 Å². The molecule has 6 heteroatoms. The van der Waals surface area contributed by atoms with Gasteiger partial charge in [-0.3, -0.25) is 0 Å². The van der Waals surface area contributed by atoms with Gasteiger partial charge in [0, 0.05) is 25.5 Å². The fraction of sp³-hybridized carbons (Fsp3) is 0.600. The van der Waals surface area contributed by atoms with E-state index in [0.717, 1.165) is 35.9 Å². The van der Waals surface area contributed by atoms with Crippen LogP contribution in [0, 0.1) is 6.92 Å². The summed E-state index contributed by atoms with van der Waals surface area (Å²) in [6, 6.07) is 2.10. The predicted octanol–water partition coefficient (Wildman–Crippen LogP) is 3.38. The number of thiophene rings is 1. The van der Waals surface area contributed by atoms with Crippen LogP contribution >= 0.6 is 11.3 Å². The van der Waals surface area contributed by atoms with E-state index in [9.17, 15) is 0 Å². The van der Waals surface area contributed by atoms with Crippen LogP contribution in [0.1, 0.15) is 30.6 Å². The van der Waals surface area contributed by atoms with Gasteiger partial charge in [0.1, 0.15) is 10.9 Å². The molecule has 1 N–H and O–H groups in total. The van der Waals surface area contributed by atoms with Gasteiger partial charge in [-0.2, -0.15) is 4.98 Å². The summed E-state index contributed by atoms with van der Waals surface area (Å²) in [7, 11) is 3.60. The van der Waals surface area contributed by atoms with Crippen LogP contribution in [0.15, 0.2) is 6.07 Å². The van der Waals surface area contributed by atoms with Gasteiger partial charge in [0.25, 0.3) is 0 Å². The number of ether oxygens (including phenoxy) is 2. The number of methoxy groups -OCH3 is 1. The van der Waals surface area contributed by atoms with Gasteiger partial charge >= 0.3 is 0 Å². The van der Waals surface area contributed by atoms with Crippen molar-refractivity contribution in [2.45, 2.75) is 44.8 Å². The lowest BCUT2D eigenvalue weighted by Gasteiger charge is -2.28. The highest BCUT2D eigenvalue weighted by Crippen LogP contribution is 2.33. The van der Waals surface area contributed by atoms with E-state index in [1.807, 2.05) is 7.05 Å². The molecule has 21 heavy (non-hydrogen) atoms. The molecular weight excluding hydrogens is 286 g/mol. The van der Waals surface area contributed by atoms with Crippen molar-refractivity contribution in [2.75, 3.05) is 19.5 Å². The molecular formula is C15H21N3O2S. The molecule has 1 fully saturated rings. The second-order valence-corrected chi connectivity index (χ2v) is 6.68. The normalized spacial score (nSPS) is 22.4. The summed E-state index contributed by atoms with van der Waals surface area (Å²) in [6.07, 6.45) is 4.72. The van der Waals surface area contributed by atoms with E-state index >= 15 is 0 Å². The molecule has 2 aromatic rings. The van der Waals surface area contributed by atoms with Crippen LogP contribution in [0.25, 0.3) is 10.2 Å². The van der Waals surface area contributed by atoms with Gasteiger partial charge in [0.2, 0.25) is 11.8 Å². The number of hydrogen-bond donors (Lipinski definition) is 1. The van der Waals surface area contributed by atoms with Crippen LogP contribution in [0.2, 0.25) is 0 Å². The van der Waals surface area contributed by atoms with Gasteiger partial charge in [-0.1, -0.05) is 0 Å². The Morgan fingerprint density at radius 3 is 2.86 bits per heavy atom. The maximum atomic E-state index is 6.19. The van der Waals surface area contributed by atoms with Crippen LogP contribution in [0.4, 0.5) is 5.95 Å². The van der Waals surface area contributed by atoms with Gasteiger partial charge in [-0.25, -0.2) is 4.98 Å². The van der Waals surface area contributed by atoms with E-state index in [1.54, 1.807) is 18.4 Å². The number of anilines is 1. The van der Waals surface area contributed by atoms with Crippen molar-refractivity contribution < 1.29 is 9.47 Å². The molecule has 2 aromatic heterocycles. The number of aryl methyl sites for hydroxylation is 1. The highest BCUT2D eigenvalue weighted by Gasteiger charge is 2.24. The molecule has 5 nitrogen and oxygen atoms in total. The van der Waals surface area contributed by atoms with Crippen molar-refractivity contribution in [1.82, 2.24) is 9.97 Å². The third kappa shape index (κ3) is 3.11. The molecule has 0 amide bonds. The summed E-state index contributed by atoms with van der Waals surface area (Å²) in [4.78, 5) is 11.2. The third-order valence-electron chi connectivity index (χ3n) is 3.89. The molecule has 0 aliphatic heterocycles. The fourth-order valence-corrected chi connectivity index (χ4v) is 3.67. The summed E-state index contributed by atoms with van der Waals surface area (Å²) >= 11 is 1.67. The average molecular weight is 307 g/mol. The van der Waals surface area contributed by atoms with Crippen LogP contribution in [0.3, 0.4) is 0 Å². The van der Waals surface area contributed by atoms with Gasteiger partial charge in [-0.15, -0.1) is 11.3 Å². The van der Waals surface area contributed by atoms with E-state index < -0.39 is 0 Å². The van der Waals surface area contributed by atoms with Crippen LogP contribution < -0.4 is 10.1 Å². The summed E-state index contributed by atoms with van der Waals surface area (Å²) in [5.74, 6) is 1.30. The van der Waals surface area contributed by atoms with Gasteiger partial charge < -0.3 is 14.8 Å². The molecule has 2 heterocycles. The van der Waals surface area contributed by atoms with E-state index in [0.29, 0.717) is 17.9 Å². The van der Waals surface area contributed by atoms with Crippen molar-refractivity contribution >= 4 is 27.5 Å². The minimum atomic E-state index is 0.173. The first kappa shape index (κ1) is 14.5. The third-order valence-corrected chi connectivity index (χ3v) is 4.84. The van der Waals surface area contributed by atoms with E-state index in [-0.39, 0.29) is 6.10 Å². The standard InChI is InChI=1S/C15H21N3O2S/c1-9-7-12-13(17-15(16-2)18-14(12)21-9)20-11-6-4-5-10(8-11)19-3/h7,10-11H,4-6,8H2,1-3H3,(H,16,17,18). The fourth-order valence-electron chi connectivity index (χ4n) is 2.80. The monoisotopic (exact) mass is 307 g/mol. The number of nitrogens with zero attached hydrogens (tertiary/aromatic N) is 2. The Balaban J connectivity index is 1.88. The van der Waals surface area contributed by atoms with E-state index in [1.165, 1.54) is 4.88 Å². The lowest BCUT2D eigenvalue weighted by molar-refractivity contribution is 0.0201. The molecule has 0 aromatic carbocycles. The molecule has 0 bridgehead atoms. The molecule has 1 aliphatic carbocycles. The first-order valence-electron chi connectivity index (χ1n) is 7.35. The first-order chi connectivity index (χ1) is 10.2. The number of hydrogen-bond acceptors (Lipinski definition) is 6.